The van der Waals surface area contributed by atoms with Gasteiger partial charge in [-0.1, -0.05) is 25.0 Å². The van der Waals surface area contributed by atoms with E-state index in [9.17, 15) is 19.5 Å². The number of aliphatic hydroxyl groups is 1. The van der Waals surface area contributed by atoms with Gasteiger partial charge in [0.2, 0.25) is 12.3 Å². The molecule has 1 saturated carbocycles. The van der Waals surface area contributed by atoms with Crippen LogP contribution in [0.15, 0.2) is 24.3 Å². The van der Waals surface area contributed by atoms with Crippen LogP contribution in [0.2, 0.25) is 0 Å². The maximum Gasteiger partial charge on any atom is 0.319 e. The van der Waals surface area contributed by atoms with Crippen LogP contribution in [0, 0.1) is 5.41 Å². The number of carbonyl (C=O) groups is 3. The largest absolute Gasteiger partial charge is 0.480 e. The molecule has 0 radical (unpaired) electrons. The number of aliphatic carboxylic acids is 1. The number of anilines is 1. The first-order valence-corrected chi connectivity index (χ1v) is 10.3. The smallest absolute Gasteiger partial charge is 0.319 e. The number of aliphatic hydroxyl groups excluding tert-OH is 1. The Morgan fingerprint density at radius 2 is 1.83 bits per heavy atom. The molecule has 2 rings (SSSR count). The molecule has 1 aromatic carbocycles. The third-order valence-corrected chi connectivity index (χ3v) is 5.28. The Morgan fingerprint density at radius 1 is 1.20 bits per heavy atom. The molecule has 1 aromatic rings. The van der Waals surface area contributed by atoms with E-state index >= 15 is 0 Å². The van der Waals surface area contributed by atoms with Crippen molar-refractivity contribution in [3.63, 3.8) is 0 Å². The molecular weight excluding hydrogens is 386 g/mol. The zero-order valence-electron chi connectivity index (χ0n) is 18.2. The summed E-state index contributed by atoms with van der Waals surface area (Å²) in [6.07, 6.45) is 5.43. The van der Waals surface area contributed by atoms with Crippen molar-refractivity contribution in [1.82, 2.24) is 10.2 Å². The van der Waals surface area contributed by atoms with Crippen LogP contribution in [-0.4, -0.2) is 60.1 Å². The summed E-state index contributed by atoms with van der Waals surface area (Å²) in [7, 11) is 4.08. The molecule has 30 heavy (non-hydrogen) atoms. The number of rotatable bonds is 11. The first-order valence-electron chi connectivity index (χ1n) is 10.3. The van der Waals surface area contributed by atoms with Gasteiger partial charge in [0.15, 0.2) is 0 Å². The second kappa shape index (κ2) is 13.0. The molecule has 8 nitrogen and oxygen atoms in total. The van der Waals surface area contributed by atoms with E-state index in [1.807, 2.05) is 21.0 Å². The van der Waals surface area contributed by atoms with E-state index < -0.39 is 11.4 Å². The molecule has 1 atom stereocenters. The van der Waals surface area contributed by atoms with Gasteiger partial charge in [-0.05, 0) is 70.9 Å². The lowest BCUT2D eigenvalue weighted by Gasteiger charge is -2.36. The first-order chi connectivity index (χ1) is 14.2. The summed E-state index contributed by atoms with van der Waals surface area (Å²) in [4.78, 5) is 35.3. The Labute approximate surface area is 178 Å². The van der Waals surface area contributed by atoms with Gasteiger partial charge in [0.05, 0.1) is 6.61 Å². The second-order valence-electron chi connectivity index (χ2n) is 8.03. The molecule has 0 spiro atoms. The van der Waals surface area contributed by atoms with Crippen LogP contribution in [-0.2, 0) is 21.0 Å². The normalized spacial score (nSPS) is 15.2. The minimum atomic E-state index is -1.14. The van der Waals surface area contributed by atoms with E-state index in [0.29, 0.717) is 19.3 Å². The third kappa shape index (κ3) is 8.12. The number of nitrogens with one attached hydrogen (secondary N) is 2. The van der Waals surface area contributed by atoms with Gasteiger partial charge in [-0.2, -0.15) is 0 Å². The Hall–Kier alpha value is -2.45. The van der Waals surface area contributed by atoms with E-state index in [4.69, 9.17) is 5.11 Å². The van der Waals surface area contributed by atoms with Crippen LogP contribution >= 0.6 is 0 Å². The number of amides is 2. The van der Waals surface area contributed by atoms with E-state index in [2.05, 4.69) is 15.5 Å². The molecule has 1 fully saturated rings. The predicted molar refractivity (Wildman–Crippen MR) is 116 cm³/mol. The summed E-state index contributed by atoms with van der Waals surface area (Å²) < 4.78 is 0. The number of carbonyl (C=O) groups excluding carboxylic acids is 2. The monoisotopic (exact) mass is 421 g/mol. The van der Waals surface area contributed by atoms with Gasteiger partial charge in [-0.15, -0.1) is 0 Å². The third-order valence-electron chi connectivity index (χ3n) is 5.28. The number of hydrogen-bond donors (Lipinski definition) is 4. The predicted octanol–water partition coefficient (Wildman–Crippen LogP) is 2.23. The van der Waals surface area contributed by atoms with Crippen molar-refractivity contribution in [3.05, 3.63) is 29.8 Å². The summed E-state index contributed by atoms with van der Waals surface area (Å²) >= 11 is 0. The van der Waals surface area contributed by atoms with Crippen molar-refractivity contribution in [2.75, 3.05) is 26.0 Å². The highest BCUT2D eigenvalue weighted by Gasteiger charge is 2.51. The van der Waals surface area contributed by atoms with E-state index in [1.165, 1.54) is 0 Å². The zero-order chi connectivity index (χ0) is 22.6. The SMILES string of the molecule is CC(CCCCN(C)C)NC(=O)C1(C(=O)O)CCC1.O=CNc1ccc(CO)cc1. The zero-order valence-corrected chi connectivity index (χ0v) is 18.2. The lowest BCUT2D eigenvalue weighted by atomic mass is 9.68. The first kappa shape index (κ1) is 25.6. The van der Waals surface area contributed by atoms with Crippen molar-refractivity contribution >= 4 is 24.0 Å². The molecule has 2 amide bonds. The van der Waals surface area contributed by atoms with Gasteiger partial charge in [0.25, 0.3) is 0 Å². The highest BCUT2D eigenvalue weighted by atomic mass is 16.4. The molecular formula is C22H35N3O5. The van der Waals surface area contributed by atoms with Crippen molar-refractivity contribution in [2.24, 2.45) is 5.41 Å². The summed E-state index contributed by atoms with van der Waals surface area (Å²) in [5, 5.41) is 23.2. The van der Waals surface area contributed by atoms with E-state index in [1.54, 1.807) is 24.3 Å². The quantitative estimate of drug-likeness (QED) is 0.247. The molecule has 0 saturated heterocycles. The number of unbranched alkanes of at least 4 members (excludes halogenated alkanes) is 1. The van der Waals surface area contributed by atoms with Crippen molar-refractivity contribution < 1.29 is 24.6 Å². The molecule has 8 heteroatoms. The molecule has 0 heterocycles. The average Bonchev–Trinajstić information content (AvgIpc) is 2.65. The summed E-state index contributed by atoms with van der Waals surface area (Å²) in [6.45, 7) is 3.02. The Morgan fingerprint density at radius 3 is 2.27 bits per heavy atom. The van der Waals surface area contributed by atoms with Crippen molar-refractivity contribution in [2.45, 2.75) is 58.1 Å². The fraction of sp³-hybridized carbons (Fsp3) is 0.591. The van der Waals surface area contributed by atoms with E-state index in [0.717, 1.165) is 43.5 Å². The van der Waals surface area contributed by atoms with Gasteiger partial charge < -0.3 is 25.7 Å². The lowest BCUT2D eigenvalue weighted by molar-refractivity contribution is -0.162. The summed E-state index contributed by atoms with van der Waals surface area (Å²) in [5.41, 5.74) is 0.427. The molecule has 0 aromatic heterocycles. The van der Waals surface area contributed by atoms with Gasteiger partial charge in [0.1, 0.15) is 5.41 Å². The topological polar surface area (TPSA) is 119 Å². The lowest BCUT2D eigenvalue weighted by Crippen LogP contribution is -2.53. The van der Waals surface area contributed by atoms with E-state index in [-0.39, 0.29) is 18.6 Å². The molecule has 168 valence electrons. The summed E-state index contributed by atoms with van der Waals surface area (Å²) in [5.74, 6) is -1.28. The Balaban J connectivity index is 0.000000346. The fourth-order valence-electron chi connectivity index (χ4n) is 3.16. The van der Waals surface area contributed by atoms with Crippen LogP contribution in [0.4, 0.5) is 5.69 Å². The number of benzene rings is 1. The highest BCUT2D eigenvalue weighted by Crippen LogP contribution is 2.41. The fourth-order valence-corrected chi connectivity index (χ4v) is 3.16. The second-order valence-corrected chi connectivity index (χ2v) is 8.03. The maximum absolute atomic E-state index is 12.0. The van der Waals surface area contributed by atoms with Crippen LogP contribution < -0.4 is 10.6 Å². The Kier molecular flexibility index (Phi) is 11.1. The van der Waals surface area contributed by atoms with Crippen LogP contribution in [0.25, 0.3) is 0 Å². The Bertz CT molecular complexity index is 672. The minimum Gasteiger partial charge on any atom is -0.480 e. The average molecular weight is 422 g/mol. The standard InChI is InChI=1S/C14H26N2O3.C8H9NO2/c1-11(7-4-5-10-16(2)3)15-12(17)14(13(18)19)8-6-9-14;10-5-7-1-3-8(4-2-7)9-6-11/h11H,4-10H2,1-3H3,(H,15,17)(H,18,19);1-4,6,10H,5H2,(H,9,11). The van der Waals surface area contributed by atoms with Crippen LogP contribution in [0.3, 0.4) is 0 Å². The van der Waals surface area contributed by atoms with Crippen LogP contribution in [0.1, 0.15) is 51.0 Å². The molecule has 0 bridgehead atoms. The number of nitrogens with zero attached hydrogens (tertiary/aromatic N) is 1. The maximum atomic E-state index is 12.0. The van der Waals surface area contributed by atoms with Crippen LogP contribution in [0.5, 0.6) is 0 Å². The van der Waals surface area contributed by atoms with Crippen molar-refractivity contribution in [3.8, 4) is 0 Å². The van der Waals surface area contributed by atoms with Gasteiger partial charge in [0, 0.05) is 11.7 Å². The number of carboxylic acids is 1. The summed E-state index contributed by atoms with van der Waals surface area (Å²) in [6, 6.07) is 7.03. The molecule has 4 N–H and O–H groups in total. The number of carboxylic acid groups (broad SMARTS) is 1. The van der Waals surface area contributed by atoms with Gasteiger partial charge in [-0.3, -0.25) is 14.4 Å². The highest BCUT2D eigenvalue weighted by molar-refractivity contribution is 6.02. The molecule has 1 unspecified atom stereocenters. The van der Waals surface area contributed by atoms with Gasteiger partial charge in [-0.25, -0.2) is 0 Å². The molecule has 1 aliphatic rings. The minimum absolute atomic E-state index is 0.0291. The van der Waals surface area contributed by atoms with Gasteiger partial charge >= 0.3 is 5.97 Å². The molecule has 1 aliphatic carbocycles. The molecule has 0 aliphatic heterocycles. The number of hydrogen-bond acceptors (Lipinski definition) is 5. The van der Waals surface area contributed by atoms with Crippen molar-refractivity contribution in [1.29, 1.82) is 0 Å².